The van der Waals surface area contributed by atoms with E-state index in [0.717, 1.165) is 6.42 Å². The van der Waals surface area contributed by atoms with Gasteiger partial charge in [0.05, 0.1) is 18.2 Å². The largest absolute Gasteiger partial charge is 0.507 e. The Balaban J connectivity index is 1.76. The first kappa shape index (κ1) is 26.0. The van der Waals surface area contributed by atoms with Crippen LogP contribution < -0.4 is 9.47 Å². The monoisotopic (exact) mass is 501 g/mol. The summed E-state index contributed by atoms with van der Waals surface area (Å²) in [5, 5.41) is 11.4. The summed E-state index contributed by atoms with van der Waals surface area (Å²) < 4.78 is 16.9. The summed E-state index contributed by atoms with van der Waals surface area (Å²) >= 11 is 0. The van der Waals surface area contributed by atoms with E-state index in [0.29, 0.717) is 54.6 Å². The third-order valence-corrected chi connectivity index (χ3v) is 6.02. The van der Waals surface area contributed by atoms with Crippen LogP contribution in [0.15, 0.2) is 84.4 Å². The molecule has 1 amide bonds. The number of aliphatic hydroxyl groups is 1. The molecule has 1 atom stereocenters. The minimum Gasteiger partial charge on any atom is -0.507 e. The molecule has 0 saturated carbocycles. The smallest absolute Gasteiger partial charge is 0.295 e. The number of aliphatic hydroxyl groups excluding tert-OH is 1. The lowest BCUT2D eigenvalue weighted by molar-refractivity contribution is -0.140. The number of hydrogen-bond acceptors (Lipinski definition) is 6. The molecule has 0 aromatic heterocycles. The second-order valence-electron chi connectivity index (χ2n) is 8.70. The minimum absolute atomic E-state index is 0.0342. The van der Waals surface area contributed by atoms with Gasteiger partial charge in [-0.05, 0) is 54.8 Å². The minimum atomic E-state index is -0.781. The van der Waals surface area contributed by atoms with E-state index in [-0.39, 0.29) is 11.3 Å². The Kier molecular flexibility index (Phi) is 8.59. The van der Waals surface area contributed by atoms with E-state index in [1.807, 2.05) is 55.5 Å². The predicted molar refractivity (Wildman–Crippen MR) is 141 cm³/mol. The van der Waals surface area contributed by atoms with Crippen molar-refractivity contribution >= 4 is 17.4 Å². The summed E-state index contributed by atoms with van der Waals surface area (Å²) in [4.78, 5) is 27.9. The van der Waals surface area contributed by atoms with Gasteiger partial charge in [0.1, 0.15) is 23.0 Å². The van der Waals surface area contributed by atoms with E-state index in [1.54, 1.807) is 37.4 Å². The van der Waals surface area contributed by atoms with Gasteiger partial charge >= 0.3 is 0 Å². The van der Waals surface area contributed by atoms with E-state index in [1.165, 1.54) is 4.90 Å². The van der Waals surface area contributed by atoms with Crippen molar-refractivity contribution in [3.63, 3.8) is 0 Å². The molecule has 3 aromatic rings. The Hall–Kier alpha value is -4.10. The summed E-state index contributed by atoms with van der Waals surface area (Å²) in [5.41, 5.74) is 1.10. The van der Waals surface area contributed by atoms with Crippen molar-refractivity contribution < 1.29 is 28.9 Å². The quantitative estimate of drug-likeness (QED) is 0.156. The standard InChI is InChI=1S/C30H31NO6/c1-3-17-36-24-14-8-11-22(20-24)28(32)26-27(31(16-9-18-35-2)30(34)29(26)33)21-10-7-15-25(19-21)37-23-12-5-4-6-13-23/h4-8,10-15,19-20,27,32H,3,9,16-18H2,1-2H3. The molecule has 192 valence electrons. The van der Waals surface area contributed by atoms with Gasteiger partial charge in [0.2, 0.25) is 0 Å². The summed E-state index contributed by atoms with van der Waals surface area (Å²) in [6.45, 7) is 3.26. The lowest BCUT2D eigenvalue weighted by Crippen LogP contribution is -2.31. The Morgan fingerprint density at radius 2 is 1.62 bits per heavy atom. The number of methoxy groups -OCH3 is 1. The molecule has 1 aliphatic heterocycles. The third kappa shape index (κ3) is 6.01. The van der Waals surface area contributed by atoms with Crippen LogP contribution >= 0.6 is 0 Å². The van der Waals surface area contributed by atoms with E-state index < -0.39 is 17.7 Å². The lowest BCUT2D eigenvalue weighted by Gasteiger charge is -2.25. The number of hydrogen-bond donors (Lipinski definition) is 1. The van der Waals surface area contributed by atoms with Gasteiger partial charge in [0.25, 0.3) is 11.7 Å². The van der Waals surface area contributed by atoms with E-state index in [2.05, 4.69) is 0 Å². The van der Waals surface area contributed by atoms with Crippen molar-refractivity contribution in [1.29, 1.82) is 0 Å². The molecule has 7 heteroatoms. The fraction of sp³-hybridized carbons (Fsp3) is 0.267. The van der Waals surface area contributed by atoms with Crippen molar-refractivity contribution in [3.05, 3.63) is 95.6 Å². The van der Waals surface area contributed by atoms with Gasteiger partial charge in [0.15, 0.2) is 0 Å². The number of ether oxygens (including phenoxy) is 3. The van der Waals surface area contributed by atoms with Gasteiger partial charge < -0.3 is 24.2 Å². The Morgan fingerprint density at radius 3 is 2.38 bits per heavy atom. The molecule has 1 heterocycles. The number of benzene rings is 3. The number of amides is 1. The van der Waals surface area contributed by atoms with Crippen LogP contribution in [-0.2, 0) is 14.3 Å². The summed E-state index contributed by atoms with van der Waals surface area (Å²) in [6.07, 6.45) is 1.38. The molecule has 0 spiro atoms. The van der Waals surface area contributed by atoms with Crippen molar-refractivity contribution in [1.82, 2.24) is 4.90 Å². The predicted octanol–water partition coefficient (Wildman–Crippen LogP) is 5.73. The lowest BCUT2D eigenvalue weighted by atomic mass is 9.95. The number of ketones is 1. The highest BCUT2D eigenvalue weighted by Gasteiger charge is 2.45. The first-order valence-corrected chi connectivity index (χ1v) is 12.4. The molecular formula is C30H31NO6. The number of Topliss-reactive ketones (excluding diaryl/α,β-unsaturated/α-hetero) is 1. The topological polar surface area (TPSA) is 85.3 Å². The molecule has 1 aliphatic rings. The van der Waals surface area contributed by atoms with E-state index in [4.69, 9.17) is 14.2 Å². The molecule has 7 nitrogen and oxygen atoms in total. The third-order valence-electron chi connectivity index (χ3n) is 6.02. The van der Waals surface area contributed by atoms with Gasteiger partial charge in [-0.2, -0.15) is 0 Å². The number of carbonyl (C=O) groups is 2. The molecule has 4 rings (SSSR count). The van der Waals surface area contributed by atoms with Gasteiger partial charge in [-0.15, -0.1) is 0 Å². The maximum Gasteiger partial charge on any atom is 0.295 e. The zero-order chi connectivity index (χ0) is 26.2. The summed E-state index contributed by atoms with van der Waals surface area (Å²) in [7, 11) is 1.59. The van der Waals surface area contributed by atoms with Crippen LogP contribution in [0.1, 0.15) is 36.9 Å². The highest BCUT2D eigenvalue weighted by Crippen LogP contribution is 2.41. The normalized spacial score (nSPS) is 16.7. The number of likely N-dealkylation sites (tertiary alicyclic amines) is 1. The highest BCUT2D eigenvalue weighted by molar-refractivity contribution is 6.46. The van der Waals surface area contributed by atoms with Crippen molar-refractivity contribution in [2.24, 2.45) is 0 Å². The van der Waals surface area contributed by atoms with Crippen LogP contribution in [0.2, 0.25) is 0 Å². The molecule has 1 fully saturated rings. The second kappa shape index (κ2) is 12.2. The zero-order valence-corrected chi connectivity index (χ0v) is 21.1. The van der Waals surface area contributed by atoms with Crippen LogP contribution in [0.25, 0.3) is 5.76 Å². The summed E-state index contributed by atoms with van der Waals surface area (Å²) in [6, 6.07) is 22.7. The molecule has 0 bridgehead atoms. The molecule has 1 saturated heterocycles. The van der Waals surface area contributed by atoms with Crippen LogP contribution in [0, 0.1) is 0 Å². The number of para-hydroxylation sites is 1. The Bertz CT molecular complexity index is 1270. The molecular weight excluding hydrogens is 470 g/mol. The summed E-state index contributed by atoms with van der Waals surface area (Å²) in [5.74, 6) is 0.173. The van der Waals surface area contributed by atoms with Crippen LogP contribution in [-0.4, -0.2) is 48.6 Å². The van der Waals surface area contributed by atoms with E-state index in [9.17, 15) is 14.7 Å². The SMILES string of the molecule is CCCOc1cccc(C(O)=C2C(=O)C(=O)N(CCCOC)C2c2cccc(Oc3ccccc3)c2)c1. The first-order valence-electron chi connectivity index (χ1n) is 12.4. The molecule has 37 heavy (non-hydrogen) atoms. The van der Waals surface area contributed by atoms with Crippen molar-refractivity contribution in [2.45, 2.75) is 25.8 Å². The average Bonchev–Trinajstić information content (AvgIpc) is 3.17. The van der Waals surface area contributed by atoms with Gasteiger partial charge in [0, 0.05) is 25.8 Å². The number of rotatable bonds is 11. The second-order valence-corrected chi connectivity index (χ2v) is 8.70. The van der Waals surface area contributed by atoms with Crippen molar-refractivity contribution in [2.75, 3.05) is 26.9 Å². The number of carbonyl (C=O) groups excluding carboxylic acids is 2. The van der Waals surface area contributed by atoms with Crippen molar-refractivity contribution in [3.8, 4) is 17.2 Å². The molecule has 3 aromatic carbocycles. The fourth-order valence-corrected chi connectivity index (χ4v) is 4.32. The van der Waals surface area contributed by atoms with Gasteiger partial charge in [-0.1, -0.05) is 49.4 Å². The zero-order valence-electron chi connectivity index (χ0n) is 21.1. The molecule has 0 aliphatic carbocycles. The van der Waals surface area contributed by atoms with Gasteiger partial charge in [-0.25, -0.2) is 0 Å². The maximum absolute atomic E-state index is 13.3. The van der Waals surface area contributed by atoms with Crippen LogP contribution in [0.5, 0.6) is 17.2 Å². The molecule has 1 unspecified atom stereocenters. The molecule has 1 N–H and O–H groups in total. The molecule has 0 radical (unpaired) electrons. The van der Waals surface area contributed by atoms with Gasteiger partial charge in [-0.3, -0.25) is 9.59 Å². The van der Waals surface area contributed by atoms with E-state index >= 15 is 0 Å². The Morgan fingerprint density at radius 1 is 0.892 bits per heavy atom. The average molecular weight is 502 g/mol. The maximum atomic E-state index is 13.3. The Labute approximate surface area is 216 Å². The fourth-order valence-electron chi connectivity index (χ4n) is 4.32. The number of nitrogens with zero attached hydrogens (tertiary/aromatic N) is 1. The highest BCUT2D eigenvalue weighted by atomic mass is 16.5. The van der Waals surface area contributed by atoms with Crippen LogP contribution in [0.3, 0.4) is 0 Å². The first-order chi connectivity index (χ1) is 18.0. The van der Waals surface area contributed by atoms with Crippen LogP contribution in [0.4, 0.5) is 0 Å².